The first-order valence-electron chi connectivity index (χ1n) is 8.55. The van der Waals surface area contributed by atoms with Gasteiger partial charge in [-0.05, 0) is 43.1 Å². The van der Waals surface area contributed by atoms with Crippen LogP contribution in [0.3, 0.4) is 0 Å². The third kappa shape index (κ3) is 2.85. The van der Waals surface area contributed by atoms with E-state index in [4.69, 9.17) is 0 Å². The lowest BCUT2D eigenvalue weighted by molar-refractivity contribution is -0.145. The molecule has 0 radical (unpaired) electrons. The number of hydrogen-bond donors (Lipinski definition) is 2. The van der Waals surface area contributed by atoms with Gasteiger partial charge in [-0.3, -0.25) is 0 Å². The van der Waals surface area contributed by atoms with Gasteiger partial charge >= 0.3 is 0 Å². The first-order chi connectivity index (χ1) is 9.77. The molecule has 2 heteroatoms. The highest BCUT2D eigenvalue weighted by molar-refractivity contribution is 5.32. The second kappa shape index (κ2) is 5.89. The van der Waals surface area contributed by atoms with Gasteiger partial charge in [0.15, 0.2) is 0 Å². The molecule has 0 aromatic heterocycles. The molecule has 0 aliphatic heterocycles. The monoisotopic (exact) mass is 292 g/mol. The second-order valence-electron chi connectivity index (χ2n) is 7.89. The molecular weight excluding hydrogens is 260 g/mol. The second-order valence-corrected chi connectivity index (χ2v) is 7.89. The Kier molecular flexibility index (Phi) is 4.70. The van der Waals surface area contributed by atoms with E-state index in [1.807, 2.05) is 0 Å². The van der Waals surface area contributed by atoms with Crippen LogP contribution in [0.5, 0.6) is 0 Å². The molecule has 3 atom stereocenters. The lowest BCUT2D eigenvalue weighted by Gasteiger charge is -2.51. The van der Waals surface area contributed by atoms with Crippen molar-refractivity contribution in [2.45, 2.75) is 84.3 Å². The molecule has 2 aliphatic rings. The normalized spacial score (nSPS) is 40.7. The minimum absolute atomic E-state index is 0.0889. The SMILES string of the molecule is CCCC[C@]1(O)[C@H](O)C2=CCCC[C@]2(C)/C=C\CC1(C)C. The van der Waals surface area contributed by atoms with E-state index in [1.165, 1.54) is 0 Å². The quantitative estimate of drug-likeness (QED) is 0.758. The van der Waals surface area contributed by atoms with Crippen LogP contribution >= 0.6 is 0 Å². The number of allylic oxidation sites excluding steroid dienone is 3. The number of unbranched alkanes of at least 4 members (excludes halogenated alkanes) is 1. The highest BCUT2D eigenvalue weighted by Gasteiger charge is 2.52. The third-order valence-electron chi connectivity index (χ3n) is 5.87. The van der Waals surface area contributed by atoms with Gasteiger partial charge in [0.1, 0.15) is 6.10 Å². The molecule has 0 amide bonds. The largest absolute Gasteiger partial charge is 0.386 e. The molecule has 2 aliphatic carbocycles. The van der Waals surface area contributed by atoms with Gasteiger partial charge in [-0.2, -0.15) is 0 Å². The Labute approximate surface area is 130 Å². The maximum absolute atomic E-state index is 11.4. The summed E-state index contributed by atoms with van der Waals surface area (Å²) in [6.45, 7) is 8.51. The molecule has 0 saturated carbocycles. The van der Waals surface area contributed by atoms with Gasteiger partial charge in [-0.1, -0.05) is 58.8 Å². The summed E-state index contributed by atoms with van der Waals surface area (Å²) >= 11 is 0. The van der Waals surface area contributed by atoms with E-state index < -0.39 is 11.7 Å². The van der Waals surface area contributed by atoms with Gasteiger partial charge in [0.2, 0.25) is 0 Å². The summed E-state index contributed by atoms with van der Waals surface area (Å²) in [6.07, 6.45) is 12.6. The molecule has 120 valence electrons. The Morgan fingerprint density at radius 3 is 2.67 bits per heavy atom. The zero-order chi connectivity index (χ0) is 15.7. The lowest BCUT2D eigenvalue weighted by atomic mass is 9.59. The zero-order valence-electron chi connectivity index (χ0n) is 14.2. The highest BCUT2D eigenvalue weighted by Crippen LogP contribution is 2.51. The average molecular weight is 292 g/mol. The van der Waals surface area contributed by atoms with Crippen molar-refractivity contribution in [2.24, 2.45) is 10.8 Å². The van der Waals surface area contributed by atoms with Gasteiger partial charge in [0, 0.05) is 5.41 Å². The number of rotatable bonds is 3. The van der Waals surface area contributed by atoms with Crippen LogP contribution in [-0.4, -0.2) is 21.9 Å². The molecule has 0 bridgehead atoms. The van der Waals surface area contributed by atoms with Crippen LogP contribution in [-0.2, 0) is 0 Å². The molecule has 2 nitrogen and oxygen atoms in total. The molecule has 21 heavy (non-hydrogen) atoms. The fourth-order valence-corrected chi connectivity index (χ4v) is 4.05. The van der Waals surface area contributed by atoms with Crippen molar-refractivity contribution >= 4 is 0 Å². The summed E-state index contributed by atoms with van der Waals surface area (Å²) in [7, 11) is 0. The Morgan fingerprint density at radius 1 is 1.29 bits per heavy atom. The molecule has 0 spiro atoms. The minimum atomic E-state index is -1.04. The van der Waals surface area contributed by atoms with Crippen LogP contribution in [0.1, 0.15) is 72.6 Å². The van der Waals surface area contributed by atoms with Crippen LogP contribution in [0.2, 0.25) is 0 Å². The fraction of sp³-hybridized carbons (Fsp3) is 0.789. The average Bonchev–Trinajstić information content (AvgIpc) is 2.43. The van der Waals surface area contributed by atoms with E-state index in [0.29, 0.717) is 6.42 Å². The van der Waals surface area contributed by atoms with Gasteiger partial charge in [0.05, 0.1) is 5.60 Å². The summed E-state index contributed by atoms with van der Waals surface area (Å²) in [5.41, 5.74) is -0.416. The van der Waals surface area contributed by atoms with E-state index in [-0.39, 0.29) is 10.8 Å². The lowest BCUT2D eigenvalue weighted by Crippen LogP contribution is -2.56. The molecule has 0 saturated heterocycles. The Balaban J connectivity index is 2.47. The summed E-state index contributed by atoms with van der Waals surface area (Å²) in [4.78, 5) is 0. The van der Waals surface area contributed by atoms with Crippen molar-refractivity contribution in [3.05, 3.63) is 23.8 Å². The van der Waals surface area contributed by atoms with Crippen LogP contribution in [0.15, 0.2) is 23.8 Å². The fourth-order valence-electron chi connectivity index (χ4n) is 4.05. The van der Waals surface area contributed by atoms with Crippen molar-refractivity contribution in [1.82, 2.24) is 0 Å². The molecular formula is C19H32O2. The molecule has 2 N–H and O–H groups in total. The maximum atomic E-state index is 11.4. The summed E-state index contributed by atoms with van der Waals surface area (Å²) in [5.74, 6) is 0. The number of hydrogen-bond acceptors (Lipinski definition) is 2. The maximum Gasteiger partial charge on any atom is 0.105 e. The predicted octanol–water partition coefficient (Wildman–Crippen LogP) is 4.37. The van der Waals surface area contributed by atoms with Crippen molar-refractivity contribution in [2.75, 3.05) is 0 Å². The first-order valence-corrected chi connectivity index (χ1v) is 8.55. The molecule has 0 fully saturated rings. The molecule has 0 aromatic rings. The Bertz CT molecular complexity index is 435. The Morgan fingerprint density at radius 2 is 2.00 bits per heavy atom. The third-order valence-corrected chi connectivity index (χ3v) is 5.87. The zero-order valence-corrected chi connectivity index (χ0v) is 14.2. The van der Waals surface area contributed by atoms with Crippen molar-refractivity contribution in [3.8, 4) is 0 Å². The number of fused-ring (bicyclic) bond motifs is 1. The van der Waals surface area contributed by atoms with Crippen LogP contribution < -0.4 is 0 Å². The van der Waals surface area contributed by atoms with Crippen LogP contribution in [0, 0.1) is 10.8 Å². The van der Waals surface area contributed by atoms with E-state index >= 15 is 0 Å². The highest BCUT2D eigenvalue weighted by atomic mass is 16.3. The van der Waals surface area contributed by atoms with E-state index in [9.17, 15) is 10.2 Å². The van der Waals surface area contributed by atoms with Crippen molar-refractivity contribution in [3.63, 3.8) is 0 Å². The number of aliphatic hydroxyl groups excluding tert-OH is 1. The van der Waals surface area contributed by atoms with Crippen LogP contribution in [0.25, 0.3) is 0 Å². The summed E-state index contributed by atoms with van der Waals surface area (Å²) in [5, 5.41) is 22.5. The molecule has 0 heterocycles. The van der Waals surface area contributed by atoms with Crippen molar-refractivity contribution < 1.29 is 10.2 Å². The smallest absolute Gasteiger partial charge is 0.105 e. The van der Waals surface area contributed by atoms with Crippen molar-refractivity contribution in [1.29, 1.82) is 0 Å². The van der Waals surface area contributed by atoms with Gasteiger partial charge in [-0.15, -0.1) is 0 Å². The predicted molar refractivity (Wildman–Crippen MR) is 88.1 cm³/mol. The van der Waals surface area contributed by atoms with E-state index in [2.05, 4.69) is 45.9 Å². The number of aliphatic hydroxyl groups is 2. The Hall–Kier alpha value is -0.600. The van der Waals surface area contributed by atoms with E-state index in [0.717, 1.165) is 44.1 Å². The van der Waals surface area contributed by atoms with Gasteiger partial charge in [-0.25, -0.2) is 0 Å². The van der Waals surface area contributed by atoms with Crippen LogP contribution in [0.4, 0.5) is 0 Å². The summed E-state index contributed by atoms with van der Waals surface area (Å²) in [6, 6.07) is 0. The topological polar surface area (TPSA) is 40.5 Å². The molecule has 0 unspecified atom stereocenters. The first kappa shape index (κ1) is 16.8. The molecule has 0 aromatic carbocycles. The standard InChI is InChI=1S/C19H32O2/c1-5-6-14-19(21)16(20)15-10-7-8-12-18(15,4)13-9-11-17(19,2)3/h9-10,13,16,20-21H,5-8,11-12,14H2,1-4H3/b13-9-/t16-,18-,19+/m1/s1. The van der Waals surface area contributed by atoms with E-state index in [1.54, 1.807) is 0 Å². The minimum Gasteiger partial charge on any atom is -0.386 e. The van der Waals surface area contributed by atoms with Gasteiger partial charge < -0.3 is 10.2 Å². The molecule has 2 rings (SSSR count). The van der Waals surface area contributed by atoms with Gasteiger partial charge in [0.25, 0.3) is 0 Å². The summed E-state index contributed by atoms with van der Waals surface area (Å²) < 4.78 is 0.